The highest BCUT2D eigenvalue weighted by Gasteiger charge is 2.36. The Balaban J connectivity index is 2.48. The number of nitrogens with zero attached hydrogens (tertiary/aromatic N) is 2. The van der Waals surface area contributed by atoms with Crippen molar-refractivity contribution in [3.63, 3.8) is 0 Å². The summed E-state index contributed by atoms with van der Waals surface area (Å²) in [6.45, 7) is 5.21. The molecule has 2 aromatic rings. The van der Waals surface area contributed by atoms with E-state index in [2.05, 4.69) is 5.32 Å². The third-order valence-electron chi connectivity index (χ3n) is 5.91. The van der Waals surface area contributed by atoms with E-state index in [0.29, 0.717) is 22.5 Å². The number of anilines is 1. The number of aryl methyl sites for hydroxylation is 1. The zero-order valence-electron chi connectivity index (χ0n) is 21.8. The summed E-state index contributed by atoms with van der Waals surface area (Å²) in [5.74, 6) is -1.13. The van der Waals surface area contributed by atoms with Crippen LogP contribution in [0.4, 0.5) is 18.9 Å². The van der Waals surface area contributed by atoms with Gasteiger partial charge in [0.2, 0.25) is 21.8 Å². The van der Waals surface area contributed by atoms with Crippen molar-refractivity contribution >= 4 is 39.1 Å². The number of alkyl halides is 3. The molecule has 0 aliphatic heterocycles. The van der Waals surface area contributed by atoms with Gasteiger partial charge in [0, 0.05) is 13.1 Å². The van der Waals surface area contributed by atoms with E-state index in [1.54, 1.807) is 19.1 Å². The number of carbonyl (C=O) groups is 2. The second kappa shape index (κ2) is 13.3. The summed E-state index contributed by atoms with van der Waals surface area (Å²) in [6, 6.07) is 8.98. The number of unbranched alkanes of at least 4 members (excludes halogenated alkanes) is 1. The van der Waals surface area contributed by atoms with Gasteiger partial charge in [0.25, 0.3) is 0 Å². The highest BCUT2D eigenvalue weighted by atomic mass is 35.5. The third-order valence-corrected chi connectivity index (χ3v) is 7.38. The van der Waals surface area contributed by atoms with Crippen LogP contribution in [-0.2, 0) is 32.3 Å². The van der Waals surface area contributed by atoms with E-state index in [9.17, 15) is 31.2 Å². The predicted molar refractivity (Wildman–Crippen MR) is 142 cm³/mol. The third kappa shape index (κ3) is 8.62. The van der Waals surface area contributed by atoms with Crippen molar-refractivity contribution in [3.8, 4) is 0 Å². The summed E-state index contributed by atoms with van der Waals surface area (Å²) in [4.78, 5) is 27.9. The normalized spacial score (nSPS) is 12.6. The molecule has 38 heavy (non-hydrogen) atoms. The van der Waals surface area contributed by atoms with E-state index < -0.39 is 51.2 Å². The SMILES string of the molecule is CCCCNC(=O)[C@@H](CC)N(Cc1ccc(C)cc1)C(=O)CN(c1ccc(Cl)c(C(F)(F)F)c1)S(C)(=O)=O. The molecule has 7 nitrogen and oxygen atoms in total. The predicted octanol–water partition coefficient (Wildman–Crippen LogP) is 5.16. The summed E-state index contributed by atoms with van der Waals surface area (Å²) < 4.78 is 66.2. The molecule has 0 spiro atoms. The first-order valence-corrected chi connectivity index (χ1v) is 14.4. The molecule has 1 N–H and O–H groups in total. The van der Waals surface area contributed by atoms with Crippen molar-refractivity contribution in [2.75, 3.05) is 23.7 Å². The monoisotopic (exact) mass is 575 g/mol. The van der Waals surface area contributed by atoms with Crippen molar-refractivity contribution in [2.24, 2.45) is 0 Å². The minimum atomic E-state index is -4.83. The average molecular weight is 576 g/mol. The molecule has 0 unspecified atom stereocenters. The molecule has 0 radical (unpaired) electrons. The van der Waals surface area contributed by atoms with Crippen molar-refractivity contribution in [3.05, 3.63) is 64.2 Å². The molecule has 0 fully saturated rings. The number of hydrogen-bond acceptors (Lipinski definition) is 4. The number of nitrogens with one attached hydrogen (secondary N) is 1. The molecular formula is C26H33ClF3N3O4S. The van der Waals surface area contributed by atoms with Gasteiger partial charge in [-0.2, -0.15) is 13.2 Å². The van der Waals surface area contributed by atoms with Gasteiger partial charge >= 0.3 is 6.18 Å². The van der Waals surface area contributed by atoms with E-state index in [1.807, 2.05) is 26.0 Å². The Morgan fingerprint density at radius 2 is 1.71 bits per heavy atom. The summed E-state index contributed by atoms with van der Waals surface area (Å²) in [5, 5.41) is 2.21. The summed E-state index contributed by atoms with van der Waals surface area (Å²) in [6.07, 6.45) is -2.20. The molecule has 1 atom stereocenters. The summed E-state index contributed by atoms with van der Waals surface area (Å²) in [7, 11) is -4.20. The number of rotatable bonds is 12. The highest BCUT2D eigenvalue weighted by Crippen LogP contribution is 2.37. The Labute approximate surface area is 227 Å². The van der Waals surface area contributed by atoms with E-state index in [0.717, 1.165) is 36.8 Å². The van der Waals surface area contributed by atoms with Gasteiger partial charge in [-0.25, -0.2) is 8.42 Å². The Kier molecular flexibility index (Phi) is 11.0. The lowest BCUT2D eigenvalue weighted by atomic mass is 10.1. The van der Waals surface area contributed by atoms with Crippen LogP contribution >= 0.6 is 11.6 Å². The molecule has 0 heterocycles. The first-order valence-electron chi connectivity index (χ1n) is 12.2. The summed E-state index contributed by atoms with van der Waals surface area (Å²) in [5.41, 5.74) is 0.104. The van der Waals surface area contributed by atoms with Crippen LogP contribution in [0.25, 0.3) is 0 Å². The van der Waals surface area contributed by atoms with Gasteiger partial charge in [-0.1, -0.05) is 61.7 Å². The van der Waals surface area contributed by atoms with Crippen molar-refractivity contribution in [1.29, 1.82) is 0 Å². The molecule has 0 aromatic heterocycles. The smallest absolute Gasteiger partial charge is 0.354 e. The molecule has 0 aliphatic carbocycles. The fourth-order valence-corrected chi connectivity index (χ4v) is 4.88. The Bertz CT molecular complexity index is 1220. The quantitative estimate of drug-likeness (QED) is 0.354. The van der Waals surface area contributed by atoms with Gasteiger partial charge in [-0.3, -0.25) is 13.9 Å². The van der Waals surface area contributed by atoms with Crippen LogP contribution in [0.5, 0.6) is 0 Å². The van der Waals surface area contributed by atoms with Crippen LogP contribution in [0, 0.1) is 6.92 Å². The van der Waals surface area contributed by atoms with Crippen molar-refractivity contribution in [2.45, 2.75) is 58.8 Å². The molecule has 2 amide bonds. The number of sulfonamides is 1. The van der Waals surface area contributed by atoms with Gasteiger partial charge in [-0.15, -0.1) is 0 Å². The fraction of sp³-hybridized carbons (Fsp3) is 0.462. The van der Waals surface area contributed by atoms with E-state index in [4.69, 9.17) is 11.6 Å². The molecule has 0 bridgehead atoms. The van der Waals surface area contributed by atoms with Gasteiger partial charge in [0.15, 0.2) is 0 Å². The van der Waals surface area contributed by atoms with Crippen LogP contribution in [0.1, 0.15) is 49.8 Å². The van der Waals surface area contributed by atoms with Gasteiger partial charge < -0.3 is 10.2 Å². The zero-order chi connectivity index (χ0) is 28.7. The molecule has 12 heteroatoms. The van der Waals surface area contributed by atoms with E-state index >= 15 is 0 Å². The molecule has 0 saturated carbocycles. The fourth-order valence-electron chi connectivity index (χ4n) is 3.82. The molecule has 0 saturated heterocycles. The maximum atomic E-state index is 13.6. The first-order chi connectivity index (χ1) is 17.7. The second-order valence-corrected chi connectivity index (χ2v) is 11.3. The molecule has 2 rings (SSSR count). The van der Waals surface area contributed by atoms with Crippen LogP contribution in [-0.4, -0.2) is 50.5 Å². The maximum absolute atomic E-state index is 13.6. The number of halogens is 4. The second-order valence-electron chi connectivity index (χ2n) is 9.01. The lowest BCUT2D eigenvalue weighted by molar-refractivity contribution is -0.140. The first kappa shape index (κ1) is 31.4. The van der Waals surface area contributed by atoms with Gasteiger partial charge in [-0.05, 0) is 43.5 Å². The van der Waals surface area contributed by atoms with E-state index in [-0.39, 0.29) is 18.7 Å². The lowest BCUT2D eigenvalue weighted by Gasteiger charge is -2.33. The molecule has 2 aromatic carbocycles. The maximum Gasteiger partial charge on any atom is 0.417 e. The highest BCUT2D eigenvalue weighted by molar-refractivity contribution is 7.92. The lowest BCUT2D eigenvalue weighted by Crippen LogP contribution is -2.52. The average Bonchev–Trinajstić information content (AvgIpc) is 2.82. The number of hydrogen-bond donors (Lipinski definition) is 1. The van der Waals surface area contributed by atoms with Crippen LogP contribution < -0.4 is 9.62 Å². The number of amides is 2. The largest absolute Gasteiger partial charge is 0.417 e. The van der Waals surface area contributed by atoms with Gasteiger partial charge in [0.05, 0.1) is 22.5 Å². The van der Waals surface area contributed by atoms with Crippen molar-refractivity contribution in [1.82, 2.24) is 10.2 Å². The van der Waals surface area contributed by atoms with Crippen LogP contribution in [0.2, 0.25) is 5.02 Å². The Hall–Kier alpha value is -2.79. The summed E-state index contributed by atoms with van der Waals surface area (Å²) >= 11 is 5.70. The van der Waals surface area contributed by atoms with Crippen LogP contribution in [0.3, 0.4) is 0 Å². The minimum absolute atomic E-state index is 0.00480. The zero-order valence-corrected chi connectivity index (χ0v) is 23.4. The van der Waals surface area contributed by atoms with E-state index in [1.165, 1.54) is 4.90 Å². The number of benzene rings is 2. The standard InChI is InChI=1S/C26H33ClF3N3O4S/c1-5-7-14-31-25(35)23(6-2)32(16-19-10-8-18(3)9-11-19)24(34)17-33(38(4,36)37)20-12-13-22(27)21(15-20)26(28,29)30/h8-13,15,23H,5-7,14,16-17H2,1-4H3,(H,31,35)/t23-/m1/s1. The molecular weight excluding hydrogens is 543 g/mol. The topological polar surface area (TPSA) is 86.8 Å². The Morgan fingerprint density at radius 3 is 2.24 bits per heavy atom. The molecule has 0 aliphatic rings. The Morgan fingerprint density at radius 1 is 1.08 bits per heavy atom. The minimum Gasteiger partial charge on any atom is -0.354 e. The molecule has 210 valence electrons. The number of carbonyl (C=O) groups excluding carboxylic acids is 2. The van der Waals surface area contributed by atoms with Crippen molar-refractivity contribution < 1.29 is 31.2 Å². The van der Waals surface area contributed by atoms with Crippen LogP contribution in [0.15, 0.2) is 42.5 Å². The van der Waals surface area contributed by atoms with Gasteiger partial charge in [0.1, 0.15) is 12.6 Å².